The summed E-state index contributed by atoms with van der Waals surface area (Å²) in [4.78, 5) is 2.17. The van der Waals surface area contributed by atoms with Crippen LogP contribution in [0.25, 0.3) is 0 Å². The SMILES string of the molecule is N#Cc1ccc(F)cc1CN1CCCc2c(N)cccc21. The van der Waals surface area contributed by atoms with Crippen LogP contribution in [0, 0.1) is 17.1 Å². The number of nitriles is 1. The summed E-state index contributed by atoms with van der Waals surface area (Å²) in [5, 5.41) is 9.17. The van der Waals surface area contributed by atoms with E-state index < -0.39 is 0 Å². The molecule has 2 N–H and O–H groups in total. The van der Waals surface area contributed by atoms with Crippen molar-refractivity contribution in [3.63, 3.8) is 0 Å². The Morgan fingerprint density at radius 2 is 2.14 bits per heavy atom. The van der Waals surface area contributed by atoms with Crippen molar-refractivity contribution in [2.75, 3.05) is 17.2 Å². The van der Waals surface area contributed by atoms with E-state index in [4.69, 9.17) is 11.0 Å². The van der Waals surface area contributed by atoms with Crippen molar-refractivity contribution < 1.29 is 4.39 Å². The third-order valence-corrected chi connectivity index (χ3v) is 3.93. The summed E-state index contributed by atoms with van der Waals surface area (Å²) >= 11 is 0. The van der Waals surface area contributed by atoms with Crippen molar-refractivity contribution in [3.05, 3.63) is 58.9 Å². The van der Waals surface area contributed by atoms with Gasteiger partial charge in [-0.1, -0.05) is 6.07 Å². The van der Waals surface area contributed by atoms with Gasteiger partial charge in [0.1, 0.15) is 5.82 Å². The van der Waals surface area contributed by atoms with Crippen LogP contribution in [0.2, 0.25) is 0 Å². The molecule has 2 aromatic carbocycles. The van der Waals surface area contributed by atoms with Gasteiger partial charge in [0.15, 0.2) is 0 Å². The van der Waals surface area contributed by atoms with E-state index in [1.54, 1.807) is 0 Å². The van der Waals surface area contributed by atoms with Crippen LogP contribution < -0.4 is 10.6 Å². The van der Waals surface area contributed by atoms with Crippen molar-refractivity contribution in [2.45, 2.75) is 19.4 Å². The van der Waals surface area contributed by atoms with Crippen molar-refractivity contribution in [3.8, 4) is 6.07 Å². The van der Waals surface area contributed by atoms with Crippen LogP contribution in [0.1, 0.15) is 23.1 Å². The standard InChI is InChI=1S/C17H16FN3/c18-14-7-6-12(10-19)13(9-14)11-21-8-2-3-15-16(20)4-1-5-17(15)21/h1,4-7,9H,2-3,8,11,20H2. The van der Waals surface area contributed by atoms with Gasteiger partial charge in [0.25, 0.3) is 0 Å². The number of anilines is 2. The molecule has 0 radical (unpaired) electrons. The number of hydrogen-bond acceptors (Lipinski definition) is 3. The second-order valence-electron chi connectivity index (χ2n) is 5.28. The molecule has 1 aliphatic rings. The molecule has 2 aromatic rings. The number of rotatable bonds is 2. The van der Waals surface area contributed by atoms with Crippen LogP contribution in [0.15, 0.2) is 36.4 Å². The molecular formula is C17H16FN3. The Bertz CT molecular complexity index is 718. The lowest BCUT2D eigenvalue weighted by Crippen LogP contribution is -2.29. The summed E-state index contributed by atoms with van der Waals surface area (Å²) in [7, 11) is 0. The third kappa shape index (κ3) is 2.55. The molecule has 0 atom stereocenters. The first kappa shape index (κ1) is 13.4. The summed E-state index contributed by atoms with van der Waals surface area (Å²) < 4.78 is 13.4. The first-order valence-electron chi connectivity index (χ1n) is 7.00. The largest absolute Gasteiger partial charge is 0.398 e. The molecule has 1 heterocycles. The maximum Gasteiger partial charge on any atom is 0.123 e. The second kappa shape index (κ2) is 5.45. The lowest BCUT2D eigenvalue weighted by molar-refractivity contribution is 0.622. The topological polar surface area (TPSA) is 53.0 Å². The van der Waals surface area contributed by atoms with Gasteiger partial charge in [-0.15, -0.1) is 0 Å². The van der Waals surface area contributed by atoms with E-state index in [1.165, 1.54) is 18.2 Å². The van der Waals surface area contributed by atoms with Gasteiger partial charge in [0, 0.05) is 24.5 Å². The number of benzene rings is 2. The Kier molecular flexibility index (Phi) is 3.49. The van der Waals surface area contributed by atoms with Crippen LogP contribution in [0.5, 0.6) is 0 Å². The number of nitrogens with two attached hydrogens (primary N) is 1. The molecule has 0 bridgehead atoms. The van der Waals surface area contributed by atoms with E-state index in [0.29, 0.717) is 17.7 Å². The molecule has 4 heteroatoms. The van der Waals surface area contributed by atoms with Gasteiger partial charge in [-0.25, -0.2) is 4.39 Å². The van der Waals surface area contributed by atoms with Crippen molar-refractivity contribution in [2.24, 2.45) is 0 Å². The van der Waals surface area contributed by atoms with E-state index in [0.717, 1.165) is 36.3 Å². The van der Waals surface area contributed by atoms with Crippen molar-refractivity contribution in [1.82, 2.24) is 0 Å². The Morgan fingerprint density at radius 1 is 1.29 bits per heavy atom. The first-order chi connectivity index (χ1) is 10.2. The third-order valence-electron chi connectivity index (χ3n) is 3.93. The highest BCUT2D eigenvalue weighted by Gasteiger charge is 2.19. The molecular weight excluding hydrogens is 265 g/mol. The Labute approximate surface area is 123 Å². The van der Waals surface area contributed by atoms with Crippen molar-refractivity contribution >= 4 is 11.4 Å². The van der Waals surface area contributed by atoms with E-state index in [1.807, 2.05) is 18.2 Å². The summed E-state index contributed by atoms with van der Waals surface area (Å²) in [5.74, 6) is -0.311. The van der Waals surface area contributed by atoms with Gasteiger partial charge < -0.3 is 10.6 Å². The molecule has 0 amide bonds. The van der Waals surface area contributed by atoms with Gasteiger partial charge in [0.2, 0.25) is 0 Å². The molecule has 0 aliphatic carbocycles. The van der Waals surface area contributed by atoms with E-state index >= 15 is 0 Å². The molecule has 0 unspecified atom stereocenters. The highest BCUT2D eigenvalue weighted by molar-refractivity contribution is 5.66. The molecule has 106 valence electrons. The second-order valence-corrected chi connectivity index (χ2v) is 5.28. The van der Waals surface area contributed by atoms with E-state index in [-0.39, 0.29) is 5.82 Å². The summed E-state index contributed by atoms with van der Waals surface area (Å²) in [6.45, 7) is 1.41. The highest BCUT2D eigenvalue weighted by atomic mass is 19.1. The van der Waals surface area contributed by atoms with Gasteiger partial charge >= 0.3 is 0 Å². The lowest BCUT2D eigenvalue weighted by atomic mass is 9.98. The fourth-order valence-electron chi connectivity index (χ4n) is 2.90. The number of fused-ring (bicyclic) bond motifs is 1. The minimum Gasteiger partial charge on any atom is -0.398 e. The predicted molar refractivity (Wildman–Crippen MR) is 81.3 cm³/mol. The minimum absolute atomic E-state index is 0.311. The minimum atomic E-state index is -0.311. The van der Waals surface area contributed by atoms with Crippen LogP contribution >= 0.6 is 0 Å². The summed E-state index contributed by atoms with van der Waals surface area (Å²) in [5.41, 5.74) is 10.3. The highest BCUT2D eigenvalue weighted by Crippen LogP contribution is 2.32. The zero-order valence-corrected chi connectivity index (χ0v) is 11.6. The first-order valence-corrected chi connectivity index (χ1v) is 7.00. The summed E-state index contributed by atoms with van der Waals surface area (Å²) in [6, 6.07) is 12.3. The molecule has 0 spiro atoms. The molecule has 0 saturated carbocycles. The predicted octanol–water partition coefficient (Wildman–Crippen LogP) is 3.23. The van der Waals surface area contributed by atoms with Crippen molar-refractivity contribution in [1.29, 1.82) is 5.26 Å². The van der Waals surface area contributed by atoms with E-state index in [9.17, 15) is 4.39 Å². The monoisotopic (exact) mass is 281 g/mol. The summed E-state index contributed by atoms with van der Waals surface area (Å²) in [6.07, 6.45) is 1.98. The molecule has 21 heavy (non-hydrogen) atoms. The van der Waals surface area contributed by atoms with Crippen LogP contribution in [0.3, 0.4) is 0 Å². The normalized spacial score (nSPS) is 13.6. The Balaban J connectivity index is 1.96. The molecule has 0 fully saturated rings. The lowest BCUT2D eigenvalue weighted by Gasteiger charge is -2.32. The van der Waals surface area contributed by atoms with Gasteiger partial charge in [-0.2, -0.15) is 5.26 Å². The molecule has 0 saturated heterocycles. The maximum atomic E-state index is 13.4. The van der Waals surface area contributed by atoms with Gasteiger partial charge in [-0.05, 0) is 54.3 Å². The number of halogens is 1. The maximum absolute atomic E-state index is 13.4. The van der Waals surface area contributed by atoms with Gasteiger partial charge in [-0.3, -0.25) is 0 Å². The number of nitrogen functional groups attached to an aromatic ring is 1. The van der Waals surface area contributed by atoms with Gasteiger partial charge in [0.05, 0.1) is 11.6 Å². The number of nitrogens with zero attached hydrogens (tertiary/aromatic N) is 2. The van der Waals surface area contributed by atoms with Crippen LogP contribution in [0.4, 0.5) is 15.8 Å². The zero-order chi connectivity index (χ0) is 14.8. The molecule has 1 aliphatic heterocycles. The smallest absolute Gasteiger partial charge is 0.123 e. The zero-order valence-electron chi connectivity index (χ0n) is 11.6. The average Bonchev–Trinajstić information content (AvgIpc) is 2.49. The van der Waals surface area contributed by atoms with Crippen LogP contribution in [-0.4, -0.2) is 6.54 Å². The average molecular weight is 281 g/mol. The molecule has 0 aromatic heterocycles. The van der Waals surface area contributed by atoms with Crippen LogP contribution in [-0.2, 0) is 13.0 Å². The Morgan fingerprint density at radius 3 is 2.95 bits per heavy atom. The Hall–Kier alpha value is -2.54. The number of hydrogen-bond donors (Lipinski definition) is 1. The quantitative estimate of drug-likeness (QED) is 0.860. The fourth-order valence-corrected chi connectivity index (χ4v) is 2.90. The molecule has 3 rings (SSSR count). The fraction of sp³-hybridized carbons (Fsp3) is 0.235. The molecule has 3 nitrogen and oxygen atoms in total. The van der Waals surface area contributed by atoms with E-state index in [2.05, 4.69) is 11.0 Å².